The summed E-state index contributed by atoms with van der Waals surface area (Å²) in [7, 11) is 0. The molecule has 1 aliphatic carbocycles. The Bertz CT molecular complexity index is 399. The maximum absolute atomic E-state index is 6.30. The second-order valence-corrected chi connectivity index (χ2v) is 6.83. The Labute approximate surface area is 123 Å². The lowest BCUT2D eigenvalue weighted by molar-refractivity contribution is 0.292. The van der Waals surface area contributed by atoms with Gasteiger partial charge in [-0.05, 0) is 56.2 Å². The number of hydrogen-bond acceptors (Lipinski definition) is 1. The van der Waals surface area contributed by atoms with Gasteiger partial charge < -0.3 is 5.32 Å². The van der Waals surface area contributed by atoms with Crippen LogP contribution < -0.4 is 5.32 Å². The van der Waals surface area contributed by atoms with E-state index >= 15 is 0 Å². The van der Waals surface area contributed by atoms with Gasteiger partial charge in [0.2, 0.25) is 0 Å². The lowest BCUT2D eigenvalue weighted by Gasteiger charge is -2.30. The normalized spacial score (nSPS) is 26.0. The van der Waals surface area contributed by atoms with Crippen LogP contribution in [0.15, 0.2) is 22.7 Å². The molecule has 1 aromatic rings. The van der Waals surface area contributed by atoms with Crippen LogP contribution in [0.5, 0.6) is 0 Å². The minimum atomic E-state index is 0.323. The smallest absolute Gasteiger partial charge is 0.0464 e. The molecule has 1 fully saturated rings. The van der Waals surface area contributed by atoms with Gasteiger partial charge in [0.05, 0.1) is 0 Å². The van der Waals surface area contributed by atoms with Crippen molar-refractivity contribution in [3.8, 4) is 0 Å². The van der Waals surface area contributed by atoms with Crippen molar-refractivity contribution < 1.29 is 0 Å². The molecule has 100 valence electrons. The van der Waals surface area contributed by atoms with Gasteiger partial charge in [0.1, 0.15) is 0 Å². The third-order valence-electron chi connectivity index (χ3n) is 3.93. The molecule has 2 rings (SSSR count). The second kappa shape index (κ2) is 6.40. The molecule has 3 heteroatoms. The van der Waals surface area contributed by atoms with Gasteiger partial charge in [-0.2, -0.15) is 0 Å². The van der Waals surface area contributed by atoms with Crippen LogP contribution in [0.4, 0.5) is 0 Å². The monoisotopic (exact) mass is 329 g/mol. The quantitative estimate of drug-likeness (QED) is 0.789. The van der Waals surface area contributed by atoms with E-state index in [2.05, 4.69) is 47.2 Å². The molecule has 0 aliphatic heterocycles. The molecule has 18 heavy (non-hydrogen) atoms. The summed E-state index contributed by atoms with van der Waals surface area (Å²) in [5.41, 5.74) is 1.19. The summed E-state index contributed by atoms with van der Waals surface area (Å²) in [4.78, 5) is 0. The first-order valence-electron chi connectivity index (χ1n) is 6.77. The first kappa shape index (κ1) is 14.4. The van der Waals surface area contributed by atoms with Crippen LogP contribution in [0.25, 0.3) is 0 Å². The second-order valence-electron chi connectivity index (χ2n) is 5.51. The van der Waals surface area contributed by atoms with E-state index < -0.39 is 0 Å². The molecular formula is C15H21BrClN. The highest BCUT2D eigenvalue weighted by molar-refractivity contribution is 9.10. The van der Waals surface area contributed by atoms with Gasteiger partial charge in [0, 0.05) is 21.6 Å². The number of benzene rings is 1. The summed E-state index contributed by atoms with van der Waals surface area (Å²) in [6, 6.07) is 7.11. The van der Waals surface area contributed by atoms with E-state index in [0.29, 0.717) is 12.1 Å². The van der Waals surface area contributed by atoms with E-state index in [-0.39, 0.29) is 0 Å². The van der Waals surface area contributed by atoms with Gasteiger partial charge in [0.15, 0.2) is 0 Å². The summed E-state index contributed by atoms with van der Waals surface area (Å²) in [6.45, 7) is 4.55. The summed E-state index contributed by atoms with van der Waals surface area (Å²) in [6.07, 6.45) is 5.27. The third kappa shape index (κ3) is 3.72. The predicted molar refractivity (Wildman–Crippen MR) is 82.1 cm³/mol. The van der Waals surface area contributed by atoms with E-state index in [1.54, 1.807) is 0 Å². The fraction of sp³-hybridized carbons (Fsp3) is 0.600. The minimum absolute atomic E-state index is 0.323. The van der Waals surface area contributed by atoms with Crippen molar-refractivity contribution in [2.75, 3.05) is 0 Å². The molecule has 0 amide bonds. The fourth-order valence-electron chi connectivity index (χ4n) is 2.72. The SMILES string of the molecule is CC1CCC(NC(C)c2ccc(Br)cc2Cl)CC1. The van der Waals surface area contributed by atoms with E-state index in [1.807, 2.05) is 6.07 Å². The zero-order chi connectivity index (χ0) is 13.1. The van der Waals surface area contributed by atoms with Crippen molar-refractivity contribution in [1.29, 1.82) is 0 Å². The lowest BCUT2D eigenvalue weighted by atomic mass is 9.87. The Morgan fingerprint density at radius 2 is 1.94 bits per heavy atom. The van der Waals surface area contributed by atoms with E-state index in [9.17, 15) is 0 Å². The average Bonchev–Trinajstić information content (AvgIpc) is 2.32. The molecule has 1 aliphatic rings. The molecule has 0 spiro atoms. The fourth-order valence-corrected chi connectivity index (χ4v) is 3.56. The summed E-state index contributed by atoms with van der Waals surface area (Å²) < 4.78 is 1.04. The van der Waals surface area contributed by atoms with Crippen LogP contribution in [0.3, 0.4) is 0 Å². The van der Waals surface area contributed by atoms with Gasteiger partial charge in [-0.3, -0.25) is 0 Å². The van der Waals surface area contributed by atoms with E-state index in [4.69, 9.17) is 11.6 Å². The number of nitrogens with one attached hydrogen (secondary N) is 1. The Hall–Kier alpha value is -0.0500. The molecule has 1 unspecified atom stereocenters. The standard InChI is InChI=1S/C15H21BrClN/c1-10-3-6-13(7-4-10)18-11(2)14-8-5-12(16)9-15(14)17/h5,8-11,13,18H,3-4,6-7H2,1-2H3. The molecule has 1 atom stereocenters. The van der Waals surface area contributed by atoms with Crippen LogP contribution in [0, 0.1) is 5.92 Å². The van der Waals surface area contributed by atoms with Crippen LogP contribution in [-0.4, -0.2) is 6.04 Å². The van der Waals surface area contributed by atoms with Crippen LogP contribution in [0.2, 0.25) is 5.02 Å². The number of hydrogen-bond donors (Lipinski definition) is 1. The van der Waals surface area contributed by atoms with Crippen LogP contribution >= 0.6 is 27.5 Å². The summed E-state index contributed by atoms with van der Waals surface area (Å²) in [5, 5.41) is 4.56. The number of rotatable bonds is 3. The average molecular weight is 331 g/mol. The van der Waals surface area contributed by atoms with Crippen molar-refractivity contribution in [1.82, 2.24) is 5.32 Å². The highest BCUT2D eigenvalue weighted by atomic mass is 79.9. The summed E-state index contributed by atoms with van der Waals surface area (Å²) >= 11 is 9.74. The molecule has 0 radical (unpaired) electrons. The highest BCUT2D eigenvalue weighted by Crippen LogP contribution is 2.29. The summed E-state index contributed by atoms with van der Waals surface area (Å²) in [5.74, 6) is 0.898. The van der Waals surface area contributed by atoms with Gasteiger partial charge in [-0.25, -0.2) is 0 Å². The Kier molecular flexibility index (Phi) is 5.11. The van der Waals surface area contributed by atoms with Crippen molar-refractivity contribution in [2.45, 2.75) is 51.6 Å². The van der Waals surface area contributed by atoms with Crippen molar-refractivity contribution in [3.05, 3.63) is 33.3 Å². The molecule has 0 heterocycles. The molecule has 1 nitrogen and oxygen atoms in total. The zero-order valence-corrected chi connectivity index (χ0v) is 13.4. The third-order valence-corrected chi connectivity index (χ3v) is 4.75. The first-order chi connectivity index (χ1) is 8.56. The van der Waals surface area contributed by atoms with Crippen molar-refractivity contribution >= 4 is 27.5 Å². The molecular weight excluding hydrogens is 310 g/mol. The van der Waals surface area contributed by atoms with Crippen molar-refractivity contribution in [2.24, 2.45) is 5.92 Å². The van der Waals surface area contributed by atoms with Crippen molar-refractivity contribution in [3.63, 3.8) is 0 Å². The van der Waals surface area contributed by atoms with E-state index in [1.165, 1.54) is 31.2 Å². The van der Waals surface area contributed by atoms with Crippen LogP contribution in [0.1, 0.15) is 51.1 Å². The topological polar surface area (TPSA) is 12.0 Å². The first-order valence-corrected chi connectivity index (χ1v) is 7.94. The van der Waals surface area contributed by atoms with Gasteiger partial charge >= 0.3 is 0 Å². The highest BCUT2D eigenvalue weighted by Gasteiger charge is 2.20. The van der Waals surface area contributed by atoms with Gasteiger partial charge in [-0.15, -0.1) is 0 Å². The molecule has 0 bridgehead atoms. The Balaban J connectivity index is 1.97. The lowest BCUT2D eigenvalue weighted by Crippen LogP contribution is -2.34. The molecule has 1 aromatic carbocycles. The van der Waals surface area contributed by atoms with Crippen LogP contribution in [-0.2, 0) is 0 Å². The molecule has 0 saturated heterocycles. The van der Waals surface area contributed by atoms with Gasteiger partial charge in [-0.1, -0.05) is 40.5 Å². The maximum atomic E-state index is 6.30. The zero-order valence-electron chi connectivity index (χ0n) is 11.0. The Morgan fingerprint density at radius 1 is 1.28 bits per heavy atom. The predicted octanol–water partition coefficient (Wildman–Crippen LogP) is 5.33. The van der Waals surface area contributed by atoms with E-state index in [0.717, 1.165) is 15.4 Å². The molecule has 1 N–H and O–H groups in total. The molecule has 1 saturated carbocycles. The molecule has 0 aromatic heterocycles. The largest absolute Gasteiger partial charge is 0.307 e. The Morgan fingerprint density at radius 3 is 2.56 bits per heavy atom. The maximum Gasteiger partial charge on any atom is 0.0464 e. The minimum Gasteiger partial charge on any atom is -0.307 e. The van der Waals surface area contributed by atoms with Gasteiger partial charge in [0.25, 0.3) is 0 Å². The number of halogens is 2.